The average molecular weight is 457 g/mol. The smallest absolute Gasteiger partial charge is 0.406 e. The van der Waals surface area contributed by atoms with Crippen LogP contribution in [0.25, 0.3) is 0 Å². The first-order valence-corrected chi connectivity index (χ1v) is 9.70. The number of oxime groups is 1. The van der Waals surface area contributed by atoms with E-state index in [2.05, 4.69) is 19.2 Å². The Morgan fingerprint density at radius 2 is 1.77 bits per heavy atom. The van der Waals surface area contributed by atoms with Crippen LogP contribution in [-0.4, -0.2) is 40.6 Å². The van der Waals surface area contributed by atoms with Crippen molar-refractivity contribution in [2.45, 2.75) is 30.7 Å². The second-order valence-electron chi connectivity index (χ2n) is 6.08. The second kappa shape index (κ2) is 11.9. The van der Waals surface area contributed by atoms with Crippen molar-refractivity contribution >= 4 is 23.8 Å². The number of hydrogen-bond donors (Lipinski definition) is 1. The summed E-state index contributed by atoms with van der Waals surface area (Å²) in [6.45, 7) is 1.59. The quantitative estimate of drug-likeness (QED) is 0.524. The van der Waals surface area contributed by atoms with Gasteiger partial charge in [0.1, 0.15) is 12.4 Å². The highest BCUT2D eigenvalue weighted by Gasteiger charge is 2.31. The number of rotatable bonds is 6. The Labute approximate surface area is 179 Å². The SMILES string of the molecule is O=C=O.O=c1[nH]cccc1CON=C1CCN(Sc2ccc(OC(F)(F)F)cc2)CC1. The number of hydrogen-bond acceptors (Lipinski definition) is 8. The summed E-state index contributed by atoms with van der Waals surface area (Å²) in [6, 6.07) is 9.19. The maximum atomic E-state index is 12.2. The zero-order valence-electron chi connectivity index (χ0n) is 16.1. The Balaban J connectivity index is 0.00000107. The third-order valence-electron chi connectivity index (χ3n) is 3.90. The van der Waals surface area contributed by atoms with Gasteiger partial charge in [-0.3, -0.25) is 4.79 Å². The van der Waals surface area contributed by atoms with Crippen LogP contribution in [0.1, 0.15) is 18.4 Å². The van der Waals surface area contributed by atoms with Crippen molar-refractivity contribution in [1.82, 2.24) is 9.29 Å². The van der Waals surface area contributed by atoms with Crippen LogP contribution in [0.4, 0.5) is 13.2 Å². The monoisotopic (exact) mass is 457 g/mol. The molecular formula is C19H18F3N3O5S. The van der Waals surface area contributed by atoms with E-state index in [9.17, 15) is 18.0 Å². The van der Waals surface area contributed by atoms with E-state index >= 15 is 0 Å². The minimum atomic E-state index is -4.69. The van der Waals surface area contributed by atoms with Crippen LogP contribution in [-0.2, 0) is 21.0 Å². The summed E-state index contributed by atoms with van der Waals surface area (Å²) in [7, 11) is 0. The molecule has 1 aromatic heterocycles. The summed E-state index contributed by atoms with van der Waals surface area (Å²) < 4.78 is 42.5. The van der Waals surface area contributed by atoms with E-state index < -0.39 is 6.36 Å². The average Bonchev–Trinajstić information content (AvgIpc) is 2.72. The molecule has 0 amide bonds. The molecule has 31 heavy (non-hydrogen) atoms. The molecule has 12 heteroatoms. The van der Waals surface area contributed by atoms with E-state index in [0.717, 1.165) is 23.7 Å². The molecule has 8 nitrogen and oxygen atoms in total. The van der Waals surface area contributed by atoms with Gasteiger partial charge < -0.3 is 14.6 Å². The van der Waals surface area contributed by atoms with Crippen molar-refractivity contribution in [3.63, 3.8) is 0 Å². The lowest BCUT2D eigenvalue weighted by atomic mass is 10.1. The molecule has 1 fully saturated rings. The Morgan fingerprint density at radius 3 is 2.35 bits per heavy atom. The summed E-state index contributed by atoms with van der Waals surface area (Å²) in [6.07, 6.45) is -1.45. The van der Waals surface area contributed by atoms with E-state index in [-0.39, 0.29) is 24.1 Å². The topological polar surface area (TPSA) is 101 Å². The molecule has 0 atom stereocenters. The maximum Gasteiger partial charge on any atom is 0.573 e. The van der Waals surface area contributed by atoms with Crippen LogP contribution in [0.2, 0.25) is 0 Å². The molecule has 1 saturated heterocycles. The molecule has 0 bridgehead atoms. The third kappa shape index (κ3) is 9.08. The number of halogens is 3. The van der Waals surface area contributed by atoms with E-state index in [1.165, 1.54) is 24.1 Å². The Hall–Kier alpha value is -3.08. The number of nitrogens with one attached hydrogen (secondary N) is 1. The van der Waals surface area contributed by atoms with E-state index in [1.807, 2.05) is 0 Å². The summed E-state index contributed by atoms with van der Waals surface area (Å²) in [5.74, 6) is -0.237. The van der Waals surface area contributed by atoms with Crippen LogP contribution >= 0.6 is 11.9 Å². The Morgan fingerprint density at radius 1 is 1.13 bits per heavy atom. The molecule has 2 heterocycles. The molecule has 166 valence electrons. The molecule has 1 aliphatic rings. The molecule has 0 radical (unpaired) electrons. The number of benzene rings is 1. The summed E-state index contributed by atoms with van der Waals surface area (Å²) in [5, 5.41) is 4.11. The van der Waals surface area contributed by atoms with Crippen molar-refractivity contribution < 1.29 is 32.3 Å². The number of carbonyl (C=O) groups excluding carboxylic acids is 2. The van der Waals surface area contributed by atoms with Gasteiger partial charge in [0, 0.05) is 37.0 Å². The first-order chi connectivity index (χ1) is 14.8. The number of piperidine rings is 1. The molecule has 2 aromatic rings. The van der Waals surface area contributed by atoms with Crippen LogP contribution in [0.5, 0.6) is 5.75 Å². The van der Waals surface area contributed by atoms with Gasteiger partial charge in [-0.2, -0.15) is 9.59 Å². The Kier molecular flexibility index (Phi) is 9.32. The number of alkyl halides is 3. The first-order valence-electron chi connectivity index (χ1n) is 8.93. The lowest BCUT2D eigenvalue weighted by Gasteiger charge is -2.26. The van der Waals surface area contributed by atoms with E-state index in [1.54, 1.807) is 30.5 Å². The third-order valence-corrected chi connectivity index (χ3v) is 5.01. The minimum Gasteiger partial charge on any atom is -0.406 e. The lowest BCUT2D eigenvalue weighted by Crippen LogP contribution is -2.28. The second-order valence-corrected chi connectivity index (χ2v) is 7.25. The molecule has 0 spiro atoms. The molecule has 3 rings (SSSR count). The molecule has 1 N–H and O–H groups in total. The highest BCUT2D eigenvalue weighted by atomic mass is 32.2. The van der Waals surface area contributed by atoms with Crippen LogP contribution < -0.4 is 10.3 Å². The molecule has 0 saturated carbocycles. The number of pyridine rings is 1. The number of H-pyrrole nitrogens is 1. The van der Waals surface area contributed by atoms with E-state index in [4.69, 9.17) is 14.4 Å². The predicted octanol–water partition coefficient (Wildman–Crippen LogP) is 3.37. The summed E-state index contributed by atoms with van der Waals surface area (Å²) >= 11 is 1.47. The lowest BCUT2D eigenvalue weighted by molar-refractivity contribution is -0.274. The minimum absolute atomic E-state index is 0.116. The number of aromatic nitrogens is 1. The van der Waals surface area contributed by atoms with E-state index in [0.29, 0.717) is 18.4 Å². The maximum absolute atomic E-state index is 12.2. The predicted molar refractivity (Wildman–Crippen MR) is 104 cm³/mol. The zero-order chi connectivity index (χ0) is 22.7. The van der Waals surface area contributed by atoms with Crippen LogP contribution in [0.3, 0.4) is 0 Å². The Bertz CT molecular complexity index is 947. The molecule has 1 aliphatic heterocycles. The molecule has 1 aromatic carbocycles. The van der Waals surface area contributed by atoms with Gasteiger partial charge in [0.25, 0.3) is 5.56 Å². The largest absolute Gasteiger partial charge is 0.573 e. The van der Waals surface area contributed by atoms with Gasteiger partial charge in [-0.1, -0.05) is 5.16 Å². The fraction of sp³-hybridized carbons (Fsp3) is 0.316. The van der Waals surface area contributed by atoms with Gasteiger partial charge in [0.2, 0.25) is 0 Å². The van der Waals surface area contributed by atoms with Crippen molar-refractivity contribution in [2.75, 3.05) is 13.1 Å². The number of ether oxygens (including phenoxy) is 1. The highest BCUT2D eigenvalue weighted by Crippen LogP contribution is 2.29. The summed E-state index contributed by atoms with van der Waals surface area (Å²) in [5.41, 5.74) is 1.23. The molecule has 0 aliphatic carbocycles. The standard InChI is InChI=1S/C18H18F3N3O3S.CO2/c19-18(20,21)27-15-3-5-16(6-4-15)28-24-10-7-14(8-11-24)23-26-12-13-2-1-9-22-17(13)25;2-1-3/h1-6,9H,7-8,10-12H2,(H,22,25);. The van der Waals surface area contributed by atoms with Crippen molar-refractivity contribution in [2.24, 2.45) is 5.16 Å². The van der Waals surface area contributed by atoms with Gasteiger partial charge in [-0.25, -0.2) is 4.31 Å². The van der Waals surface area contributed by atoms with Gasteiger partial charge in [-0.15, -0.1) is 13.2 Å². The fourth-order valence-corrected chi connectivity index (χ4v) is 3.46. The summed E-state index contributed by atoms with van der Waals surface area (Å²) in [4.78, 5) is 36.5. The van der Waals surface area contributed by atoms with Gasteiger partial charge in [0.15, 0.2) is 0 Å². The highest BCUT2D eigenvalue weighted by molar-refractivity contribution is 7.97. The van der Waals surface area contributed by atoms with Crippen molar-refractivity contribution in [3.8, 4) is 5.75 Å². The van der Waals surface area contributed by atoms with Crippen LogP contribution in [0, 0.1) is 0 Å². The fourth-order valence-electron chi connectivity index (χ4n) is 2.54. The van der Waals surface area contributed by atoms with Crippen LogP contribution in [0.15, 0.2) is 57.4 Å². The zero-order valence-corrected chi connectivity index (χ0v) is 16.9. The normalized spacial score (nSPS) is 14.1. The van der Waals surface area contributed by atoms with Crippen molar-refractivity contribution in [3.05, 3.63) is 58.5 Å². The van der Waals surface area contributed by atoms with Gasteiger partial charge >= 0.3 is 12.5 Å². The molecular weight excluding hydrogens is 439 g/mol. The number of nitrogens with zero attached hydrogens (tertiary/aromatic N) is 2. The van der Waals surface area contributed by atoms with Gasteiger partial charge in [0.05, 0.1) is 11.3 Å². The van der Waals surface area contributed by atoms with Gasteiger partial charge in [-0.05, 0) is 48.3 Å². The number of aromatic amines is 1. The van der Waals surface area contributed by atoms with Crippen molar-refractivity contribution in [1.29, 1.82) is 0 Å². The molecule has 0 unspecified atom stereocenters. The first kappa shape index (κ1) is 24.2.